The topological polar surface area (TPSA) is 90.0 Å². The highest BCUT2D eigenvalue weighted by Crippen LogP contribution is 2.19. The van der Waals surface area contributed by atoms with Gasteiger partial charge in [0.1, 0.15) is 11.9 Å². The predicted octanol–water partition coefficient (Wildman–Crippen LogP) is 3.42. The van der Waals surface area contributed by atoms with E-state index in [1.807, 2.05) is 13.8 Å². The van der Waals surface area contributed by atoms with Gasteiger partial charge in [-0.3, -0.25) is 9.59 Å². The van der Waals surface area contributed by atoms with E-state index in [0.717, 1.165) is 0 Å². The van der Waals surface area contributed by atoms with Crippen LogP contribution in [0.3, 0.4) is 0 Å². The normalized spacial score (nSPS) is 12.2. The van der Waals surface area contributed by atoms with Crippen molar-refractivity contribution in [1.29, 1.82) is 0 Å². The van der Waals surface area contributed by atoms with Crippen LogP contribution in [0.5, 0.6) is 0 Å². The van der Waals surface area contributed by atoms with Crippen molar-refractivity contribution in [3.05, 3.63) is 70.0 Å². The van der Waals surface area contributed by atoms with Gasteiger partial charge in [0, 0.05) is 17.8 Å². The Morgan fingerprint density at radius 1 is 1.21 bits per heavy atom. The average molecular weight is 384 g/mol. The molecule has 2 aromatic heterocycles. The quantitative estimate of drug-likeness (QED) is 0.728. The fourth-order valence-corrected chi connectivity index (χ4v) is 2.78. The summed E-state index contributed by atoms with van der Waals surface area (Å²) in [7, 11) is 0. The minimum absolute atomic E-state index is 0.157. The molecule has 7 nitrogen and oxygen atoms in total. The van der Waals surface area contributed by atoms with Crippen molar-refractivity contribution in [2.24, 2.45) is 0 Å². The second-order valence-corrected chi connectivity index (χ2v) is 6.83. The Kier molecular flexibility index (Phi) is 5.39. The van der Waals surface area contributed by atoms with Gasteiger partial charge in [-0.05, 0) is 51.5 Å². The minimum atomic E-state index is -0.498. The van der Waals surface area contributed by atoms with E-state index in [1.54, 1.807) is 13.8 Å². The highest BCUT2D eigenvalue weighted by molar-refractivity contribution is 5.95. The Morgan fingerprint density at radius 3 is 2.46 bits per heavy atom. The lowest BCUT2D eigenvalue weighted by atomic mass is 10.0. The van der Waals surface area contributed by atoms with Crippen molar-refractivity contribution >= 4 is 5.91 Å². The number of pyridine rings is 1. The van der Waals surface area contributed by atoms with Gasteiger partial charge in [-0.15, -0.1) is 0 Å². The third-order valence-corrected chi connectivity index (χ3v) is 4.28. The Balaban J connectivity index is 1.99. The summed E-state index contributed by atoms with van der Waals surface area (Å²) in [6.45, 7) is 7.11. The number of aromatic nitrogens is 3. The number of halogens is 1. The molecule has 0 saturated heterocycles. The van der Waals surface area contributed by atoms with E-state index in [2.05, 4.69) is 15.5 Å². The van der Waals surface area contributed by atoms with Crippen molar-refractivity contribution in [2.75, 3.05) is 0 Å². The van der Waals surface area contributed by atoms with E-state index < -0.39 is 11.9 Å². The molecular weight excluding hydrogens is 363 g/mol. The number of carbonyl (C=O) groups excluding carboxylic acids is 1. The number of hydrogen-bond donors (Lipinski definition) is 1. The van der Waals surface area contributed by atoms with Gasteiger partial charge >= 0.3 is 0 Å². The van der Waals surface area contributed by atoms with Gasteiger partial charge in [0.15, 0.2) is 5.82 Å². The number of nitrogens with zero attached hydrogens (tertiary/aromatic N) is 3. The molecule has 0 saturated carbocycles. The van der Waals surface area contributed by atoms with Gasteiger partial charge in [0.05, 0.1) is 5.56 Å². The van der Waals surface area contributed by atoms with Crippen molar-refractivity contribution in [1.82, 2.24) is 20.0 Å². The van der Waals surface area contributed by atoms with Crippen LogP contribution in [0.4, 0.5) is 4.39 Å². The van der Waals surface area contributed by atoms with Gasteiger partial charge < -0.3 is 14.4 Å². The van der Waals surface area contributed by atoms with E-state index in [4.69, 9.17) is 4.52 Å². The van der Waals surface area contributed by atoms with Gasteiger partial charge in [-0.1, -0.05) is 17.3 Å². The molecule has 0 aliphatic rings. The first kappa shape index (κ1) is 19.5. The fourth-order valence-electron chi connectivity index (χ4n) is 2.78. The van der Waals surface area contributed by atoms with Crippen LogP contribution < -0.4 is 10.9 Å². The van der Waals surface area contributed by atoms with E-state index in [9.17, 15) is 14.0 Å². The Morgan fingerprint density at radius 2 is 1.89 bits per heavy atom. The molecule has 1 atom stereocenters. The lowest BCUT2D eigenvalue weighted by Crippen LogP contribution is -2.30. The number of amides is 1. The summed E-state index contributed by atoms with van der Waals surface area (Å²) in [4.78, 5) is 29.7. The van der Waals surface area contributed by atoms with Crippen LogP contribution in [0, 0.1) is 12.7 Å². The van der Waals surface area contributed by atoms with Crippen LogP contribution in [-0.4, -0.2) is 20.6 Å². The van der Waals surface area contributed by atoms with Gasteiger partial charge in [-0.2, -0.15) is 4.98 Å². The molecule has 28 heavy (non-hydrogen) atoms. The molecule has 3 rings (SSSR count). The molecule has 1 unspecified atom stereocenters. The highest BCUT2D eigenvalue weighted by Gasteiger charge is 2.19. The zero-order valence-corrected chi connectivity index (χ0v) is 16.1. The van der Waals surface area contributed by atoms with E-state index in [-0.39, 0.29) is 17.5 Å². The highest BCUT2D eigenvalue weighted by atomic mass is 19.1. The third kappa shape index (κ3) is 4.00. The maximum atomic E-state index is 13.3. The lowest BCUT2D eigenvalue weighted by molar-refractivity contribution is 0.0931. The van der Waals surface area contributed by atoms with Crippen LogP contribution >= 0.6 is 0 Å². The number of hydrogen-bond acceptors (Lipinski definition) is 5. The molecule has 0 aliphatic heterocycles. The number of carbonyl (C=O) groups is 1. The first-order chi connectivity index (χ1) is 13.3. The molecule has 0 bridgehead atoms. The first-order valence-electron chi connectivity index (χ1n) is 8.89. The SMILES string of the molecule is Cc1noc(C(C)NC(=O)c2cc(-c3ccc(F)cc3)c(=O)n(C(C)C)c2)n1. The second-order valence-electron chi connectivity index (χ2n) is 6.83. The van der Waals surface area contributed by atoms with E-state index in [0.29, 0.717) is 28.4 Å². The van der Waals surface area contributed by atoms with Crippen molar-refractivity contribution in [3.63, 3.8) is 0 Å². The Labute approximate surface area is 161 Å². The summed E-state index contributed by atoms with van der Waals surface area (Å²) < 4.78 is 19.8. The monoisotopic (exact) mass is 384 g/mol. The third-order valence-electron chi connectivity index (χ3n) is 4.28. The van der Waals surface area contributed by atoms with Gasteiger partial charge in [-0.25, -0.2) is 4.39 Å². The Hall–Kier alpha value is -3.29. The van der Waals surface area contributed by atoms with Crippen LogP contribution in [0.15, 0.2) is 45.8 Å². The molecule has 0 radical (unpaired) electrons. The Bertz CT molecular complexity index is 1050. The summed E-state index contributed by atoms with van der Waals surface area (Å²) in [6.07, 6.45) is 1.52. The maximum absolute atomic E-state index is 13.3. The van der Waals surface area contributed by atoms with Gasteiger partial charge in [0.2, 0.25) is 5.89 Å². The predicted molar refractivity (Wildman–Crippen MR) is 101 cm³/mol. The maximum Gasteiger partial charge on any atom is 0.258 e. The standard InChI is InChI=1S/C20H21FN4O3/c1-11(2)25-10-15(18(26)22-12(3)19-23-13(4)24-28-19)9-17(20(25)27)14-5-7-16(21)8-6-14/h5-12H,1-4H3,(H,22,26). The summed E-state index contributed by atoms with van der Waals surface area (Å²) in [5, 5.41) is 6.50. The fraction of sp³-hybridized carbons (Fsp3) is 0.300. The molecule has 1 N–H and O–H groups in total. The number of nitrogens with one attached hydrogen (secondary N) is 1. The van der Waals surface area contributed by atoms with Gasteiger partial charge in [0.25, 0.3) is 11.5 Å². The molecule has 1 aromatic carbocycles. The molecule has 0 spiro atoms. The second kappa shape index (κ2) is 7.75. The zero-order valence-electron chi connectivity index (χ0n) is 16.1. The number of aryl methyl sites for hydroxylation is 1. The lowest BCUT2D eigenvalue weighted by Gasteiger charge is -2.16. The smallest absolute Gasteiger partial charge is 0.258 e. The average Bonchev–Trinajstić information content (AvgIpc) is 3.09. The van der Waals surface area contributed by atoms with Crippen LogP contribution in [0.2, 0.25) is 0 Å². The van der Waals surface area contributed by atoms with E-state index in [1.165, 1.54) is 41.1 Å². The minimum Gasteiger partial charge on any atom is -0.340 e. The molecule has 1 amide bonds. The van der Waals surface area contributed by atoms with Crippen LogP contribution in [0.25, 0.3) is 11.1 Å². The number of benzene rings is 1. The first-order valence-corrected chi connectivity index (χ1v) is 8.89. The molecule has 0 fully saturated rings. The van der Waals surface area contributed by atoms with E-state index >= 15 is 0 Å². The van der Waals surface area contributed by atoms with Crippen LogP contribution in [0.1, 0.15) is 54.9 Å². The number of rotatable bonds is 5. The zero-order chi connectivity index (χ0) is 20.4. The molecule has 3 aromatic rings. The largest absolute Gasteiger partial charge is 0.340 e. The summed E-state index contributed by atoms with van der Waals surface area (Å²) >= 11 is 0. The van der Waals surface area contributed by atoms with Crippen molar-refractivity contribution < 1.29 is 13.7 Å². The summed E-state index contributed by atoms with van der Waals surface area (Å²) in [5.74, 6) is -0.0172. The molecule has 2 heterocycles. The molecule has 8 heteroatoms. The summed E-state index contributed by atoms with van der Waals surface area (Å²) in [6, 6.07) is 6.44. The van der Waals surface area contributed by atoms with Crippen molar-refractivity contribution in [3.8, 4) is 11.1 Å². The summed E-state index contributed by atoms with van der Waals surface area (Å²) in [5.41, 5.74) is 0.910. The van der Waals surface area contributed by atoms with Crippen molar-refractivity contribution in [2.45, 2.75) is 39.8 Å². The molecular formula is C20H21FN4O3. The van der Waals surface area contributed by atoms with Crippen LogP contribution in [-0.2, 0) is 0 Å². The molecule has 0 aliphatic carbocycles. The molecule has 146 valence electrons.